The highest BCUT2D eigenvalue weighted by atomic mass is 32.2. The van der Waals surface area contributed by atoms with Gasteiger partial charge in [0, 0.05) is 43.7 Å². The van der Waals surface area contributed by atoms with Crippen LogP contribution in [0.2, 0.25) is 0 Å². The van der Waals surface area contributed by atoms with Gasteiger partial charge >= 0.3 is 0 Å². The van der Waals surface area contributed by atoms with E-state index in [1.807, 2.05) is 18.8 Å². The first-order valence-corrected chi connectivity index (χ1v) is 10.0. The molecule has 2 fully saturated rings. The molecule has 0 aromatic rings. The van der Waals surface area contributed by atoms with Crippen LogP contribution >= 0.6 is 11.8 Å². The van der Waals surface area contributed by atoms with Crippen molar-refractivity contribution in [3.05, 3.63) is 0 Å². The van der Waals surface area contributed by atoms with Crippen molar-refractivity contribution >= 4 is 23.6 Å². The molecule has 0 aliphatic carbocycles. The van der Waals surface area contributed by atoms with E-state index in [9.17, 15) is 4.79 Å². The zero-order chi connectivity index (χ0) is 17.6. The summed E-state index contributed by atoms with van der Waals surface area (Å²) in [5.41, 5.74) is 5.45. The number of hydrogen-bond acceptors (Lipinski definition) is 4. The first-order chi connectivity index (χ1) is 11.4. The Kier molecular flexibility index (Phi) is 7.22. The van der Waals surface area contributed by atoms with Crippen LogP contribution in [0.5, 0.6) is 0 Å². The SMILES string of the molecule is CN=C(NCCCN1CCCC(C(N)=O)C1)N1CCSC(C)(C)C1. The Morgan fingerprint density at radius 3 is 2.88 bits per heavy atom. The summed E-state index contributed by atoms with van der Waals surface area (Å²) in [6.45, 7) is 10.5. The molecule has 0 aromatic heterocycles. The molecule has 2 heterocycles. The van der Waals surface area contributed by atoms with E-state index < -0.39 is 0 Å². The Bertz CT molecular complexity index is 454. The average molecular weight is 356 g/mol. The van der Waals surface area contributed by atoms with Gasteiger partial charge in [0.05, 0.1) is 5.92 Å². The Balaban J connectivity index is 1.70. The molecule has 2 rings (SSSR count). The van der Waals surface area contributed by atoms with Crippen LogP contribution in [-0.2, 0) is 4.79 Å². The van der Waals surface area contributed by atoms with Gasteiger partial charge in [0.2, 0.25) is 5.91 Å². The second kappa shape index (κ2) is 8.94. The number of thioether (sulfide) groups is 1. The minimum absolute atomic E-state index is 0.0348. The maximum absolute atomic E-state index is 11.3. The van der Waals surface area contributed by atoms with Gasteiger partial charge in [-0.05, 0) is 46.2 Å². The molecule has 1 atom stereocenters. The zero-order valence-corrected chi connectivity index (χ0v) is 16.2. The molecule has 0 aromatic carbocycles. The second-order valence-electron chi connectivity index (χ2n) is 7.40. The number of aliphatic imine (C=N–C) groups is 1. The number of amides is 1. The molecule has 138 valence electrons. The lowest BCUT2D eigenvalue weighted by atomic mass is 9.97. The molecule has 0 radical (unpaired) electrons. The third kappa shape index (κ3) is 5.84. The summed E-state index contributed by atoms with van der Waals surface area (Å²) in [5, 5.41) is 3.50. The third-order valence-corrected chi connectivity index (χ3v) is 6.08. The highest BCUT2D eigenvalue weighted by Gasteiger charge is 2.28. The predicted octanol–water partition coefficient (Wildman–Crippen LogP) is 0.977. The van der Waals surface area contributed by atoms with Gasteiger partial charge < -0.3 is 20.9 Å². The van der Waals surface area contributed by atoms with E-state index in [-0.39, 0.29) is 16.6 Å². The van der Waals surface area contributed by atoms with Crippen LogP contribution in [-0.4, -0.2) is 78.5 Å². The average Bonchev–Trinajstić information content (AvgIpc) is 2.54. The van der Waals surface area contributed by atoms with Gasteiger partial charge in [0.1, 0.15) is 0 Å². The molecule has 2 saturated heterocycles. The molecule has 24 heavy (non-hydrogen) atoms. The lowest BCUT2D eigenvalue weighted by Crippen LogP contribution is -2.51. The van der Waals surface area contributed by atoms with Crippen LogP contribution in [0.25, 0.3) is 0 Å². The molecule has 2 aliphatic heterocycles. The zero-order valence-electron chi connectivity index (χ0n) is 15.4. The molecular weight excluding hydrogens is 322 g/mol. The summed E-state index contributed by atoms with van der Waals surface area (Å²) >= 11 is 2.03. The molecular formula is C17H33N5OS. The lowest BCUT2D eigenvalue weighted by Gasteiger charge is -2.39. The predicted molar refractivity (Wildman–Crippen MR) is 102 cm³/mol. The normalized spacial score (nSPS) is 25.5. The van der Waals surface area contributed by atoms with E-state index in [0.29, 0.717) is 0 Å². The van der Waals surface area contributed by atoms with Crippen LogP contribution in [0, 0.1) is 5.92 Å². The van der Waals surface area contributed by atoms with Gasteiger partial charge in [0.15, 0.2) is 5.96 Å². The summed E-state index contributed by atoms with van der Waals surface area (Å²) in [6.07, 6.45) is 3.07. The number of nitrogens with two attached hydrogens (primary N) is 1. The molecule has 6 nitrogen and oxygen atoms in total. The standard InChI is InChI=1S/C17H33N5OS/c1-17(2)13-22(10-11-24-17)16(19-3)20-7-5-9-21-8-4-6-14(12-21)15(18)23/h14H,4-13H2,1-3H3,(H2,18,23)(H,19,20). The van der Waals surface area contributed by atoms with Gasteiger partial charge in [-0.3, -0.25) is 9.79 Å². The van der Waals surface area contributed by atoms with Crippen molar-refractivity contribution in [3.8, 4) is 0 Å². The Morgan fingerprint density at radius 1 is 1.42 bits per heavy atom. The molecule has 0 saturated carbocycles. The number of hydrogen-bond donors (Lipinski definition) is 2. The fourth-order valence-corrected chi connectivity index (χ4v) is 4.63. The topological polar surface area (TPSA) is 74.0 Å². The third-order valence-electron chi connectivity index (χ3n) is 4.78. The van der Waals surface area contributed by atoms with E-state index in [1.165, 1.54) is 0 Å². The van der Waals surface area contributed by atoms with E-state index >= 15 is 0 Å². The van der Waals surface area contributed by atoms with Crippen LogP contribution in [0.3, 0.4) is 0 Å². The highest BCUT2D eigenvalue weighted by Crippen LogP contribution is 2.29. The number of likely N-dealkylation sites (tertiary alicyclic amines) is 1. The monoisotopic (exact) mass is 355 g/mol. The maximum Gasteiger partial charge on any atom is 0.221 e. The first-order valence-electron chi connectivity index (χ1n) is 9.02. The molecule has 1 amide bonds. The molecule has 2 aliphatic rings. The summed E-state index contributed by atoms with van der Waals surface area (Å²) < 4.78 is 0.285. The number of carbonyl (C=O) groups excluding carboxylic acids is 1. The summed E-state index contributed by atoms with van der Waals surface area (Å²) in [6, 6.07) is 0. The van der Waals surface area contributed by atoms with Crippen LogP contribution in [0.15, 0.2) is 4.99 Å². The Hall–Kier alpha value is -0.950. The van der Waals surface area contributed by atoms with Crippen molar-refractivity contribution in [2.75, 3.05) is 52.1 Å². The number of primary amides is 1. The van der Waals surface area contributed by atoms with E-state index in [2.05, 4.69) is 34.0 Å². The second-order valence-corrected chi connectivity index (χ2v) is 9.20. The highest BCUT2D eigenvalue weighted by molar-refractivity contribution is 8.00. The van der Waals surface area contributed by atoms with Crippen molar-refractivity contribution in [2.45, 2.75) is 37.9 Å². The van der Waals surface area contributed by atoms with E-state index in [4.69, 9.17) is 5.73 Å². The van der Waals surface area contributed by atoms with Crippen molar-refractivity contribution < 1.29 is 4.79 Å². The number of guanidine groups is 1. The summed E-state index contributed by atoms with van der Waals surface area (Å²) in [4.78, 5) is 20.5. The quantitative estimate of drug-likeness (QED) is 0.437. The lowest BCUT2D eigenvalue weighted by molar-refractivity contribution is -0.123. The number of nitrogens with one attached hydrogen (secondary N) is 1. The maximum atomic E-state index is 11.3. The molecule has 1 unspecified atom stereocenters. The van der Waals surface area contributed by atoms with Gasteiger partial charge in [-0.1, -0.05) is 0 Å². The summed E-state index contributed by atoms with van der Waals surface area (Å²) in [7, 11) is 1.86. The van der Waals surface area contributed by atoms with Gasteiger partial charge in [-0.2, -0.15) is 11.8 Å². The van der Waals surface area contributed by atoms with Crippen LogP contribution in [0.1, 0.15) is 33.1 Å². The number of nitrogens with zero attached hydrogens (tertiary/aromatic N) is 3. The number of rotatable bonds is 5. The van der Waals surface area contributed by atoms with Crippen molar-refractivity contribution in [1.82, 2.24) is 15.1 Å². The van der Waals surface area contributed by atoms with Crippen molar-refractivity contribution in [3.63, 3.8) is 0 Å². The molecule has 3 N–H and O–H groups in total. The smallest absolute Gasteiger partial charge is 0.221 e. The van der Waals surface area contributed by atoms with Crippen molar-refractivity contribution in [2.24, 2.45) is 16.6 Å². The fraction of sp³-hybridized carbons (Fsp3) is 0.882. The number of piperidine rings is 1. The summed E-state index contributed by atoms with van der Waals surface area (Å²) in [5.74, 6) is 2.05. The molecule has 0 spiro atoms. The Labute approximate surface area is 150 Å². The molecule has 7 heteroatoms. The minimum atomic E-state index is -0.149. The van der Waals surface area contributed by atoms with Crippen LogP contribution < -0.4 is 11.1 Å². The Morgan fingerprint density at radius 2 is 2.21 bits per heavy atom. The van der Waals surface area contributed by atoms with Crippen LogP contribution in [0.4, 0.5) is 0 Å². The first kappa shape index (κ1) is 19.4. The van der Waals surface area contributed by atoms with Gasteiger partial charge in [-0.15, -0.1) is 0 Å². The number of carbonyl (C=O) groups is 1. The largest absolute Gasteiger partial charge is 0.369 e. The van der Waals surface area contributed by atoms with Crippen molar-refractivity contribution in [1.29, 1.82) is 0 Å². The van der Waals surface area contributed by atoms with Gasteiger partial charge in [0.25, 0.3) is 0 Å². The van der Waals surface area contributed by atoms with E-state index in [0.717, 1.165) is 70.2 Å². The minimum Gasteiger partial charge on any atom is -0.369 e. The van der Waals surface area contributed by atoms with Gasteiger partial charge in [-0.25, -0.2) is 0 Å². The fourth-order valence-electron chi connectivity index (χ4n) is 3.52. The van der Waals surface area contributed by atoms with E-state index in [1.54, 1.807) is 0 Å². The molecule has 0 bridgehead atoms.